The Kier molecular flexibility index (Phi) is 5.02. The fraction of sp³-hybridized carbons (Fsp3) is 0.167. The van der Waals surface area contributed by atoms with Crippen molar-refractivity contribution in [2.24, 2.45) is 5.73 Å². The molecule has 0 bridgehead atoms. The lowest BCUT2D eigenvalue weighted by Gasteiger charge is -2.17. The number of hydrogen-bond donors (Lipinski definition) is 4. The highest BCUT2D eigenvalue weighted by Crippen LogP contribution is 2.19. The topological polar surface area (TPSA) is 122 Å². The van der Waals surface area contributed by atoms with Gasteiger partial charge < -0.3 is 26.1 Å². The largest absolute Gasteiger partial charge is 0.481 e. The molecule has 3 rings (SSSR count). The van der Waals surface area contributed by atoms with E-state index in [0.29, 0.717) is 18.0 Å². The number of ether oxygens (including phenoxy) is 1. The third-order valence-corrected chi connectivity index (χ3v) is 3.94. The van der Waals surface area contributed by atoms with E-state index in [9.17, 15) is 9.59 Å². The van der Waals surface area contributed by atoms with E-state index in [1.165, 1.54) is 13.3 Å². The summed E-state index contributed by atoms with van der Waals surface area (Å²) in [4.78, 5) is 31.1. The zero-order valence-corrected chi connectivity index (χ0v) is 14.2. The van der Waals surface area contributed by atoms with Crippen LogP contribution in [0, 0.1) is 0 Å². The van der Waals surface area contributed by atoms with E-state index in [1.54, 1.807) is 12.1 Å². The number of nitrogens with one attached hydrogen (secondary N) is 3. The lowest BCUT2D eigenvalue weighted by atomic mass is 10.0. The number of primary amides is 1. The van der Waals surface area contributed by atoms with Crippen molar-refractivity contribution in [3.8, 4) is 5.88 Å². The number of benzene rings is 1. The molecule has 8 nitrogen and oxygen atoms in total. The quantitative estimate of drug-likeness (QED) is 0.539. The number of hydrogen-bond acceptors (Lipinski definition) is 4. The van der Waals surface area contributed by atoms with Crippen molar-refractivity contribution in [1.82, 2.24) is 15.3 Å². The Bertz CT molecular complexity index is 920. The van der Waals surface area contributed by atoms with Crippen molar-refractivity contribution in [2.45, 2.75) is 12.5 Å². The predicted octanol–water partition coefficient (Wildman–Crippen LogP) is 1.79. The maximum Gasteiger partial charge on any atom is 0.312 e. The monoisotopic (exact) mass is 353 g/mol. The normalized spacial score (nSPS) is 11.7. The number of aromatic amines is 1. The number of methoxy groups -OCH3 is 1. The van der Waals surface area contributed by atoms with Crippen LogP contribution in [0.5, 0.6) is 5.88 Å². The van der Waals surface area contributed by atoms with Gasteiger partial charge >= 0.3 is 6.03 Å². The van der Waals surface area contributed by atoms with Crippen LogP contribution >= 0.6 is 0 Å². The molecule has 0 unspecified atom stereocenters. The summed E-state index contributed by atoms with van der Waals surface area (Å²) in [6.45, 7) is 0. The Morgan fingerprint density at radius 3 is 2.77 bits per heavy atom. The number of carbonyl (C=O) groups is 2. The van der Waals surface area contributed by atoms with E-state index in [4.69, 9.17) is 10.5 Å². The number of rotatable bonds is 6. The van der Waals surface area contributed by atoms with Gasteiger partial charge in [-0.3, -0.25) is 4.79 Å². The van der Waals surface area contributed by atoms with Crippen molar-refractivity contribution >= 4 is 28.5 Å². The van der Waals surface area contributed by atoms with Crippen molar-refractivity contribution in [1.29, 1.82) is 0 Å². The zero-order valence-electron chi connectivity index (χ0n) is 14.2. The maximum atomic E-state index is 12.6. The Hall–Kier alpha value is -3.55. The summed E-state index contributed by atoms with van der Waals surface area (Å²) in [7, 11) is 1.51. The van der Waals surface area contributed by atoms with Crippen LogP contribution in [0.15, 0.2) is 48.8 Å². The smallest absolute Gasteiger partial charge is 0.312 e. The standard InChI is InChI=1S/C18H19N5O3/c1-26-16-7-6-12(10-21-16)22-17(24)15(23-18(19)25)8-11-9-20-14-5-3-2-4-13(11)14/h2-7,9-10,15,20H,8H2,1H3,(H,22,24)(H3,19,23,25)/t15-/m0/s1. The zero-order chi connectivity index (χ0) is 18.5. The first-order valence-corrected chi connectivity index (χ1v) is 7.98. The van der Waals surface area contributed by atoms with E-state index < -0.39 is 12.1 Å². The minimum Gasteiger partial charge on any atom is -0.481 e. The summed E-state index contributed by atoms with van der Waals surface area (Å²) in [5, 5.41) is 6.20. The van der Waals surface area contributed by atoms with Crippen molar-refractivity contribution < 1.29 is 14.3 Å². The second-order valence-electron chi connectivity index (χ2n) is 5.70. The third kappa shape index (κ3) is 3.92. The molecule has 8 heteroatoms. The SMILES string of the molecule is COc1ccc(NC(=O)[C@H](Cc2c[nH]c3ccccc23)NC(N)=O)cn1. The highest BCUT2D eigenvalue weighted by Gasteiger charge is 2.22. The molecule has 3 aromatic rings. The molecule has 0 radical (unpaired) electrons. The van der Waals surface area contributed by atoms with Gasteiger partial charge in [0.15, 0.2) is 0 Å². The van der Waals surface area contributed by atoms with Crippen molar-refractivity contribution in [3.05, 3.63) is 54.4 Å². The molecule has 2 aromatic heterocycles. The van der Waals surface area contributed by atoms with Gasteiger partial charge in [0, 0.05) is 29.6 Å². The number of anilines is 1. The molecule has 0 saturated carbocycles. The number of pyridine rings is 1. The molecule has 2 heterocycles. The van der Waals surface area contributed by atoms with Gasteiger partial charge in [0.25, 0.3) is 0 Å². The molecule has 134 valence electrons. The first-order valence-electron chi connectivity index (χ1n) is 7.98. The Balaban J connectivity index is 1.78. The van der Waals surface area contributed by atoms with Gasteiger partial charge in [-0.15, -0.1) is 0 Å². The van der Waals surface area contributed by atoms with Crippen LogP contribution in [0.3, 0.4) is 0 Å². The molecular weight excluding hydrogens is 334 g/mol. The molecule has 0 saturated heterocycles. The molecule has 0 aliphatic rings. The second-order valence-corrected chi connectivity index (χ2v) is 5.70. The van der Waals surface area contributed by atoms with Crippen LogP contribution in [0.1, 0.15) is 5.56 Å². The Morgan fingerprint density at radius 1 is 1.27 bits per heavy atom. The maximum absolute atomic E-state index is 12.6. The molecule has 0 spiro atoms. The number of H-pyrrole nitrogens is 1. The summed E-state index contributed by atoms with van der Waals surface area (Å²) in [5.74, 6) is 0.0506. The first-order chi connectivity index (χ1) is 12.6. The summed E-state index contributed by atoms with van der Waals surface area (Å²) in [6.07, 6.45) is 3.59. The molecule has 0 aliphatic heterocycles. The van der Waals surface area contributed by atoms with Crippen LogP contribution in [0.4, 0.5) is 10.5 Å². The number of fused-ring (bicyclic) bond motifs is 1. The molecule has 0 aliphatic carbocycles. The number of urea groups is 1. The molecule has 1 atom stereocenters. The lowest BCUT2D eigenvalue weighted by Crippen LogP contribution is -2.47. The number of carbonyl (C=O) groups excluding carboxylic acids is 2. The van der Waals surface area contributed by atoms with Gasteiger partial charge in [-0.1, -0.05) is 18.2 Å². The number of aromatic nitrogens is 2. The van der Waals surface area contributed by atoms with Crippen LogP contribution in [0.25, 0.3) is 10.9 Å². The number of amides is 3. The number of nitrogens with two attached hydrogens (primary N) is 1. The van der Waals surface area contributed by atoms with E-state index >= 15 is 0 Å². The van der Waals surface area contributed by atoms with Gasteiger partial charge in [-0.25, -0.2) is 9.78 Å². The van der Waals surface area contributed by atoms with Crippen LogP contribution in [-0.2, 0) is 11.2 Å². The van der Waals surface area contributed by atoms with Crippen LogP contribution in [0.2, 0.25) is 0 Å². The third-order valence-electron chi connectivity index (χ3n) is 3.94. The highest BCUT2D eigenvalue weighted by molar-refractivity contribution is 5.97. The van der Waals surface area contributed by atoms with E-state index in [0.717, 1.165) is 16.5 Å². The van der Waals surface area contributed by atoms with E-state index in [2.05, 4.69) is 20.6 Å². The molecule has 5 N–H and O–H groups in total. The summed E-state index contributed by atoms with van der Waals surface area (Å²) in [6, 6.07) is 9.44. The molecular formula is C18H19N5O3. The minimum atomic E-state index is -0.825. The predicted molar refractivity (Wildman–Crippen MR) is 97.9 cm³/mol. The van der Waals surface area contributed by atoms with Crippen molar-refractivity contribution in [2.75, 3.05) is 12.4 Å². The van der Waals surface area contributed by atoms with Crippen molar-refractivity contribution in [3.63, 3.8) is 0 Å². The Labute approximate surface area is 149 Å². The minimum absolute atomic E-state index is 0.294. The Morgan fingerprint density at radius 2 is 2.08 bits per heavy atom. The van der Waals surface area contributed by atoms with Gasteiger partial charge in [0.1, 0.15) is 6.04 Å². The summed E-state index contributed by atoms with van der Waals surface area (Å²) < 4.78 is 4.98. The molecule has 3 amide bonds. The number of nitrogens with zero attached hydrogens (tertiary/aromatic N) is 1. The van der Waals surface area contributed by atoms with Gasteiger partial charge in [0.2, 0.25) is 11.8 Å². The van der Waals surface area contributed by atoms with Crippen LogP contribution in [-0.4, -0.2) is 35.1 Å². The van der Waals surface area contributed by atoms with E-state index in [1.807, 2.05) is 30.5 Å². The molecule has 1 aromatic carbocycles. The number of para-hydroxylation sites is 1. The van der Waals surface area contributed by atoms with Gasteiger partial charge in [-0.05, 0) is 17.7 Å². The molecule has 0 fully saturated rings. The fourth-order valence-electron chi connectivity index (χ4n) is 2.71. The van der Waals surface area contributed by atoms with Gasteiger partial charge in [0.05, 0.1) is 19.0 Å². The fourth-order valence-corrected chi connectivity index (χ4v) is 2.71. The average Bonchev–Trinajstić information content (AvgIpc) is 3.04. The first kappa shape index (κ1) is 17.3. The summed E-state index contributed by atoms with van der Waals surface area (Å²) in [5.41, 5.74) is 7.59. The van der Waals surface area contributed by atoms with Gasteiger partial charge in [-0.2, -0.15) is 0 Å². The van der Waals surface area contributed by atoms with E-state index in [-0.39, 0.29) is 5.91 Å². The average molecular weight is 353 g/mol. The van der Waals surface area contributed by atoms with Crippen LogP contribution < -0.4 is 21.1 Å². The lowest BCUT2D eigenvalue weighted by molar-refractivity contribution is -0.117. The highest BCUT2D eigenvalue weighted by atomic mass is 16.5. The summed E-state index contributed by atoms with van der Waals surface area (Å²) >= 11 is 0. The molecule has 26 heavy (non-hydrogen) atoms. The second kappa shape index (κ2) is 7.56.